The summed E-state index contributed by atoms with van der Waals surface area (Å²) >= 11 is 5.84. The highest BCUT2D eigenvalue weighted by Gasteiger charge is 2.49. The fourth-order valence-corrected chi connectivity index (χ4v) is 5.26. The second-order valence-corrected chi connectivity index (χ2v) is 10.7. The fourth-order valence-electron chi connectivity index (χ4n) is 5.08. The van der Waals surface area contributed by atoms with Gasteiger partial charge in [-0.25, -0.2) is 9.37 Å². The Morgan fingerprint density at radius 3 is 2.56 bits per heavy atom. The van der Waals surface area contributed by atoms with E-state index >= 15 is 0 Å². The molecule has 2 atom stereocenters. The first-order valence-corrected chi connectivity index (χ1v) is 11.4. The minimum atomic E-state index is -0.917. The van der Waals surface area contributed by atoms with Gasteiger partial charge >= 0.3 is 0 Å². The molecule has 4 rings (SSSR count). The molecule has 5 nitrogen and oxygen atoms in total. The minimum Gasteiger partial charge on any atom is -0.378 e. The summed E-state index contributed by atoms with van der Waals surface area (Å²) in [6.45, 7) is 6.13. The molecule has 1 aromatic carbocycles. The van der Waals surface area contributed by atoms with Crippen LogP contribution in [0.3, 0.4) is 0 Å². The number of halogens is 2. The molecule has 0 radical (unpaired) electrons. The van der Waals surface area contributed by atoms with Gasteiger partial charge < -0.3 is 15.0 Å². The summed E-state index contributed by atoms with van der Waals surface area (Å²) in [7, 11) is 1.79. The van der Waals surface area contributed by atoms with Crippen LogP contribution in [-0.4, -0.2) is 26.2 Å². The summed E-state index contributed by atoms with van der Waals surface area (Å²) in [4.78, 5) is 17.6. The number of nitrogens with one attached hydrogen (secondary N) is 1. The van der Waals surface area contributed by atoms with Gasteiger partial charge in [-0.1, -0.05) is 23.4 Å². The van der Waals surface area contributed by atoms with Gasteiger partial charge in [0.2, 0.25) is 0 Å². The van der Waals surface area contributed by atoms with Gasteiger partial charge in [0.15, 0.2) is 0 Å². The number of anilines is 1. The summed E-state index contributed by atoms with van der Waals surface area (Å²) < 4.78 is 15.1. The van der Waals surface area contributed by atoms with Gasteiger partial charge in [-0.15, -0.1) is 0 Å². The number of carbonyl (C=O) groups is 1. The summed E-state index contributed by atoms with van der Waals surface area (Å²) in [6, 6.07) is 4.10. The Hall–Kier alpha value is -2.36. The SMILES string of the molecule is Cn1cnc(C2CC3CC(O)(C#CC(C)(C)C)CC3C2)c1C(=O)Nc1ccc(F)c(Cl)c1. The van der Waals surface area contributed by atoms with Crippen molar-refractivity contribution in [2.24, 2.45) is 24.3 Å². The van der Waals surface area contributed by atoms with Crippen LogP contribution in [0.1, 0.15) is 68.6 Å². The predicted molar refractivity (Wildman–Crippen MR) is 123 cm³/mol. The maximum atomic E-state index is 13.4. The lowest BCUT2D eigenvalue weighted by Gasteiger charge is -2.20. The Morgan fingerprint density at radius 1 is 1.31 bits per heavy atom. The molecule has 2 fully saturated rings. The number of aliphatic hydroxyl groups is 1. The molecular formula is C25H29ClFN3O2. The quantitative estimate of drug-likeness (QED) is 0.626. The molecule has 0 aliphatic heterocycles. The summed E-state index contributed by atoms with van der Waals surface area (Å²) in [5, 5.41) is 13.7. The summed E-state index contributed by atoms with van der Waals surface area (Å²) in [6.07, 6.45) is 4.74. The molecule has 2 saturated carbocycles. The van der Waals surface area contributed by atoms with Gasteiger partial charge in [0.05, 0.1) is 17.0 Å². The smallest absolute Gasteiger partial charge is 0.274 e. The molecule has 170 valence electrons. The number of hydrogen-bond acceptors (Lipinski definition) is 3. The second-order valence-electron chi connectivity index (χ2n) is 10.3. The van der Waals surface area contributed by atoms with E-state index in [-0.39, 0.29) is 22.3 Å². The molecule has 0 spiro atoms. The molecule has 1 amide bonds. The number of imidazole rings is 1. The molecule has 2 N–H and O–H groups in total. The van der Waals surface area contributed by atoms with Crippen LogP contribution < -0.4 is 5.32 Å². The normalized spacial score (nSPS) is 27.0. The van der Waals surface area contributed by atoms with E-state index in [1.165, 1.54) is 18.2 Å². The zero-order chi connectivity index (χ0) is 23.3. The Balaban J connectivity index is 1.48. The maximum Gasteiger partial charge on any atom is 0.274 e. The van der Waals surface area contributed by atoms with Crippen LogP contribution >= 0.6 is 11.6 Å². The number of hydrogen-bond donors (Lipinski definition) is 2. The third kappa shape index (κ3) is 4.69. The molecule has 2 aliphatic carbocycles. The predicted octanol–water partition coefficient (Wildman–Crippen LogP) is 5.15. The fraction of sp³-hybridized carbons (Fsp3) is 0.520. The van der Waals surface area contributed by atoms with Crippen molar-refractivity contribution in [3.05, 3.63) is 46.8 Å². The van der Waals surface area contributed by atoms with Crippen molar-refractivity contribution in [2.75, 3.05) is 5.32 Å². The standard InChI is InChI=1S/C25H29ClFN3O2/c1-24(2,3)7-8-25(32)12-16-9-15(10-17(16)13-25)21-22(30(4)14-28-21)23(31)29-18-5-6-20(27)19(26)11-18/h5-6,11,14-17,32H,9-10,12-13H2,1-4H3,(H,29,31). The lowest BCUT2D eigenvalue weighted by Crippen LogP contribution is -2.24. The Bertz CT molecular complexity index is 1090. The number of amides is 1. The lowest BCUT2D eigenvalue weighted by atomic mass is 9.90. The van der Waals surface area contributed by atoms with E-state index in [1.807, 2.05) is 20.8 Å². The summed E-state index contributed by atoms with van der Waals surface area (Å²) in [5.74, 6) is 6.39. The number of aromatic nitrogens is 2. The van der Waals surface area contributed by atoms with E-state index in [0.717, 1.165) is 18.5 Å². The van der Waals surface area contributed by atoms with Gasteiger partial charge in [0.1, 0.15) is 17.1 Å². The number of benzene rings is 1. The van der Waals surface area contributed by atoms with Crippen molar-refractivity contribution in [1.82, 2.24) is 9.55 Å². The third-order valence-electron chi connectivity index (χ3n) is 6.46. The van der Waals surface area contributed by atoms with Crippen LogP contribution in [0.15, 0.2) is 24.5 Å². The number of aryl methyl sites for hydroxylation is 1. The van der Waals surface area contributed by atoms with Crippen LogP contribution in [0, 0.1) is 34.9 Å². The van der Waals surface area contributed by atoms with Crippen molar-refractivity contribution in [3.8, 4) is 11.8 Å². The van der Waals surface area contributed by atoms with Gasteiger partial charge in [-0.2, -0.15) is 0 Å². The first kappa shape index (κ1) is 22.8. The highest BCUT2D eigenvalue weighted by Crippen LogP contribution is 2.53. The van der Waals surface area contributed by atoms with E-state index < -0.39 is 11.4 Å². The molecule has 7 heteroatoms. The van der Waals surface area contributed by atoms with Crippen LogP contribution in [0.25, 0.3) is 0 Å². The molecule has 1 aromatic heterocycles. The number of nitrogens with zero attached hydrogens (tertiary/aromatic N) is 2. The summed E-state index contributed by atoms with van der Waals surface area (Å²) in [5.41, 5.74) is 0.648. The van der Waals surface area contributed by atoms with E-state index in [4.69, 9.17) is 11.6 Å². The molecule has 2 aromatic rings. The van der Waals surface area contributed by atoms with Crippen LogP contribution in [0.2, 0.25) is 5.02 Å². The minimum absolute atomic E-state index is 0.0429. The highest BCUT2D eigenvalue weighted by atomic mass is 35.5. The first-order chi connectivity index (χ1) is 14.9. The van der Waals surface area contributed by atoms with Crippen molar-refractivity contribution < 1.29 is 14.3 Å². The van der Waals surface area contributed by atoms with Crippen molar-refractivity contribution in [3.63, 3.8) is 0 Å². The van der Waals surface area contributed by atoms with Crippen molar-refractivity contribution in [2.45, 2.75) is 58.0 Å². The van der Waals surface area contributed by atoms with Gasteiger partial charge in [0, 0.05) is 24.1 Å². The molecule has 2 aliphatic rings. The monoisotopic (exact) mass is 457 g/mol. The van der Waals surface area contributed by atoms with Crippen LogP contribution in [0.5, 0.6) is 0 Å². The number of rotatable bonds is 3. The average Bonchev–Trinajstić information content (AvgIpc) is 3.33. The highest BCUT2D eigenvalue weighted by molar-refractivity contribution is 6.31. The molecule has 32 heavy (non-hydrogen) atoms. The number of fused-ring (bicyclic) bond motifs is 1. The molecule has 0 saturated heterocycles. The zero-order valence-electron chi connectivity index (χ0n) is 18.9. The Morgan fingerprint density at radius 2 is 1.97 bits per heavy atom. The van der Waals surface area contributed by atoms with Crippen LogP contribution in [-0.2, 0) is 7.05 Å². The topological polar surface area (TPSA) is 67.1 Å². The third-order valence-corrected chi connectivity index (χ3v) is 6.75. The lowest BCUT2D eigenvalue weighted by molar-refractivity contribution is 0.0976. The Labute approximate surface area is 193 Å². The van der Waals surface area contributed by atoms with E-state index in [2.05, 4.69) is 22.1 Å². The van der Waals surface area contributed by atoms with E-state index in [9.17, 15) is 14.3 Å². The van der Waals surface area contributed by atoms with Gasteiger partial charge in [-0.3, -0.25) is 4.79 Å². The molecule has 1 heterocycles. The van der Waals surface area contributed by atoms with Crippen molar-refractivity contribution in [1.29, 1.82) is 0 Å². The Kier molecular flexibility index (Phi) is 5.85. The average molecular weight is 458 g/mol. The molecule has 2 unspecified atom stereocenters. The molecule has 0 bridgehead atoms. The molecular weight excluding hydrogens is 429 g/mol. The zero-order valence-corrected chi connectivity index (χ0v) is 19.6. The van der Waals surface area contributed by atoms with E-state index in [0.29, 0.717) is 36.1 Å². The van der Waals surface area contributed by atoms with Crippen LogP contribution in [0.4, 0.5) is 10.1 Å². The van der Waals surface area contributed by atoms with Gasteiger partial charge in [0.25, 0.3) is 5.91 Å². The second kappa shape index (κ2) is 8.20. The largest absolute Gasteiger partial charge is 0.378 e. The maximum absolute atomic E-state index is 13.4. The van der Waals surface area contributed by atoms with Gasteiger partial charge in [-0.05, 0) is 76.5 Å². The number of carbonyl (C=O) groups excluding carboxylic acids is 1. The first-order valence-electron chi connectivity index (χ1n) is 11.0. The van der Waals surface area contributed by atoms with E-state index in [1.54, 1.807) is 17.9 Å². The van der Waals surface area contributed by atoms with Crippen molar-refractivity contribution >= 4 is 23.2 Å².